The van der Waals surface area contributed by atoms with E-state index in [1.165, 1.54) is 48.3 Å². The average molecular weight is 294 g/mol. The molecular formula is C16H23NS2. The molecule has 3 heteroatoms. The predicted molar refractivity (Wildman–Crippen MR) is 87.2 cm³/mol. The normalized spacial score (nSPS) is 30.9. The van der Waals surface area contributed by atoms with E-state index in [0.29, 0.717) is 6.04 Å². The molecule has 0 aromatic heterocycles. The summed E-state index contributed by atoms with van der Waals surface area (Å²) < 4.78 is 0. The fourth-order valence-electron chi connectivity index (χ4n) is 3.26. The Hall–Kier alpha value is -0.120. The van der Waals surface area contributed by atoms with Gasteiger partial charge in [-0.3, -0.25) is 0 Å². The summed E-state index contributed by atoms with van der Waals surface area (Å²) in [6.07, 6.45) is 9.04. The minimum Gasteiger partial charge on any atom is -0.307 e. The number of rotatable bonds is 3. The molecule has 3 rings (SSSR count). The van der Waals surface area contributed by atoms with Gasteiger partial charge in [-0.2, -0.15) is 11.8 Å². The van der Waals surface area contributed by atoms with Gasteiger partial charge >= 0.3 is 0 Å². The van der Waals surface area contributed by atoms with Crippen molar-refractivity contribution in [2.45, 2.75) is 54.3 Å². The highest BCUT2D eigenvalue weighted by Gasteiger charge is 2.26. The second-order valence-corrected chi connectivity index (χ2v) is 7.88. The molecule has 0 amide bonds. The van der Waals surface area contributed by atoms with Crippen molar-refractivity contribution in [2.75, 3.05) is 12.0 Å². The summed E-state index contributed by atoms with van der Waals surface area (Å²) in [6, 6.07) is 10.3. The Labute approximate surface area is 125 Å². The lowest BCUT2D eigenvalue weighted by molar-refractivity contribution is 0.337. The second-order valence-electron chi connectivity index (χ2n) is 5.60. The minimum atomic E-state index is 0.591. The third-order valence-corrected chi connectivity index (χ3v) is 6.66. The summed E-state index contributed by atoms with van der Waals surface area (Å²) in [5.74, 6) is 1.26. The molecule has 1 aromatic rings. The van der Waals surface area contributed by atoms with E-state index in [-0.39, 0.29) is 0 Å². The molecule has 2 aliphatic rings. The average Bonchev–Trinajstić information content (AvgIpc) is 2.48. The second kappa shape index (κ2) is 6.55. The molecule has 0 spiro atoms. The first kappa shape index (κ1) is 13.8. The van der Waals surface area contributed by atoms with Crippen molar-refractivity contribution in [1.82, 2.24) is 5.32 Å². The largest absolute Gasteiger partial charge is 0.307 e. The molecule has 104 valence electrons. The van der Waals surface area contributed by atoms with E-state index in [9.17, 15) is 0 Å². The van der Waals surface area contributed by atoms with Gasteiger partial charge in [0, 0.05) is 22.2 Å². The van der Waals surface area contributed by atoms with Gasteiger partial charge in [0.15, 0.2) is 0 Å². The molecule has 0 bridgehead atoms. The van der Waals surface area contributed by atoms with Crippen molar-refractivity contribution < 1.29 is 0 Å². The van der Waals surface area contributed by atoms with Crippen LogP contribution in [0.4, 0.5) is 0 Å². The van der Waals surface area contributed by atoms with Crippen LogP contribution in [-0.4, -0.2) is 23.3 Å². The molecule has 19 heavy (non-hydrogen) atoms. The Morgan fingerprint density at radius 3 is 2.68 bits per heavy atom. The van der Waals surface area contributed by atoms with Gasteiger partial charge < -0.3 is 5.32 Å². The fourth-order valence-corrected chi connectivity index (χ4v) is 5.13. The van der Waals surface area contributed by atoms with Crippen molar-refractivity contribution in [2.24, 2.45) is 0 Å². The maximum absolute atomic E-state index is 3.94. The molecule has 0 saturated heterocycles. The van der Waals surface area contributed by atoms with Gasteiger partial charge in [-0.1, -0.05) is 18.2 Å². The number of hydrogen-bond donors (Lipinski definition) is 1. The van der Waals surface area contributed by atoms with E-state index in [1.54, 1.807) is 0 Å². The Kier molecular flexibility index (Phi) is 4.78. The van der Waals surface area contributed by atoms with Crippen LogP contribution < -0.4 is 5.32 Å². The van der Waals surface area contributed by atoms with Crippen LogP contribution in [0.15, 0.2) is 29.2 Å². The van der Waals surface area contributed by atoms with Gasteiger partial charge in [-0.05, 0) is 55.7 Å². The van der Waals surface area contributed by atoms with Crippen molar-refractivity contribution in [3.8, 4) is 0 Å². The van der Waals surface area contributed by atoms with Crippen LogP contribution in [0.2, 0.25) is 0 Å². The lowest BCUT2D eigenvalue weighted by Gasteiger charge is -2.34. The number of fused-ring (bicyclic) bond motifs is 1. The van der Waals surface area contributed by atoms with Crippen LogP contribution in [0.25, 0.3) is 0 Å². The van der Waals surface area contributed by atoms with Crippen LogP contribution in [0.3, 0.4) is 0 Å². The summed E-state index contributed by atoms with van der Waals surface area (Å²) in [5, 5.41) is 4.85. The van der Waals surface area contributed by atoms with Crippen molar-refractivity contribution >= 4 is 23.5 Å². The van der Waals surface area contributed by atoms with Crippen LogP contribution in [0.5, 0.6) is 0 Å². The monoisotopic (exact) mass is 293 g/mol. The molecule has 1 N–H and O–H groups in total. The maximum atomic E-state index is 3.94. The molecule has 1 unspecified atom stereocenters. The van der Waals surface area contributed by atoms with E-state index < -0.39 is 0 Å². The van der Waals surface area contributed by atoms with Crippen LogP contribution in [0.1, 0.15) is 43.7 Å². The number of thioether (sulfide) groups is 2. The van der Waals surface area contributed by atoms with Crippen molar-refractivity contribution in [3.63, 3.8) is 0 Å². The van der Waals surface area contributed by atoms with Gasteiger partial charge in [0.25, 0.3) is 0 Å². The topological polar surface area (TPSA) is 12.0 Å². The molecule has 1 nitrogen and oxygen atoms in total. The third kappa shape index (κ3) is 3.32. The van der Waals surface area contributed by atoms with E-state index in [4.69, 9.17) is 0 Å². The number of benzene rings is 1. The van der Waals surface area contributed by atoms with Crippen molar-refractivity contribution in [1.29, 1.82) is 0 Å². The highest BCUT2D eigenvalue weighted by Crippen LogP contribution is 2.37. The maximum Gasteiger partial charge on any atom is 0.0341 e. The van der Waals surface area contributed by atoms with E-state index in [2.05, 4.69) is 47.6 Å². The molecule has 1 aromatic carbocycles. The Balaban J connectivity index is 1.62. The quantitative estimate of drug-likeness (QED) is 0.882. The molecule has 1 atom stereocenters. The van der Waals surface area contributed by atoms with Gasteiger partial charge in [0.2, 0.25) is 0 Å². The predicted octanol–water partition coefficient (Wildman–Crippen LogP) is 4.49. The third-order valence-electron chi connectivity index (χ3n) is 4.40. The van der Waals surface area contributed by atoms with E-state index in [0.717, 1.165) is 11.3 Å². The van der Waals surface area contributed by atoms with Crippen LogP contribution >= 0.6 is 23.5 Å². The van der Waals surface area contributed by atoms with Gasteiger partial charge in [-0.25, -0.2) is 0 Å². The molecular weight excluding hydrogens is 270 g/mol. The first-order valence-corrected chi connectivity index (χ1v) is 9.64. The first-order valence-electron chi connectivity index (χ1n) is 7.37. The summed E-state index contributed by atoms with van der Waals surface area (Å²) in [7, 11) is 0. The molecule has 1 aliphatic carbocycles. The lowest BCUT2D eigenvalue weighted by Crippen LogP contribution is -2.37. The zero-order valence-corrected chi connectivity index (χ0v) is 13.2. The zero-order valence-electron chi connectivity index (χ0n) is 11.6. The smallest absolute Gasteiger partial charge is 0.0341 e. The summed E-state index contributed by atoms with van der Waals surface area (Å²) in [4.78, 5) is 1.49. The fraction of sp³-hybridized carbons (Fsp3) is 0.625. The first-order chi connectivity index (χ1) is 9.36. The lowest BCUT2D eigenvalue weighted by atomic mass is 9.93. The molecule has 0 radical (unpaired) electrons. The highest BCUT2D eigenvalue weighted by molar-refractivity contribution is 7.99. The Morgan fingerprint density at radius 2 is 1.89 bits per heavy atom. The highest BCUT2D eigenvalue weighted by atomic mass is 32.2. The molecule has 1 aliphatic heterocycles. The van der Waals surface area contributed by atoms with Crippen molar-refractivity contribution in [3.05, 3.63) is 29.8 Å². The molecule has 1 fully saturated rings. The summed E-state index contributed by atoms with van der Waals surface area (Å²) in [6.45, 7) is 0. The SMILES string of the molecule is CSC1CCC(NC2CCSc3ccccc32)CC1. The summed E-state index contributed by atoms with van der Waals surface area (Å²) in [5.41, 5.74) is 1.53. The van der Waals surface area contributed by atoms with Gasteiger partial charge in [-0.15, -0.1) is 11.8 Å². The minimum absolute atomic E-state index is 0.591. The van der Waals surface area contributed by atoms with E-state index in [1.807, 2.05) is 11.8 Å². The van der Waals surface area contributed by atoms with Crippen LogP contribution in [-0.2, 0) is 0 Å². The Bertz CT molecular complexity index is 413. The van der Waals surface area contributed by atoms with Gasteiger partial charge in [0.05, 0.1) is 0 Å². The molecule has 1 saturated carbocycles. The van der Waals surface area contributed by atoms with E-state index >= 15 is 0 Å². The zero-order chi connectivity index (χ0) is 13.1. The standard InChI is InChI=1S/C16H23NS2/c1-18-13-8-6-12(7-9-13)17-15-10-11-19-16-5-3-2-4-14(15)16/h2-5,12-13,15,17H,6-11H2,1H3. The molecule has 1 heterocycles. The number of hydrogen-bond acceptors (Lipinski definition) is 3. The summed E-state index contributed by atoms with van der Waals surface area (Å²) >= 11 is 4.07. The van der Waals surface area contributed by atoms with Crippen LogP contribution in [0, 0.1) is 0 Å². The number of nitrogens with one attached hydrogen (secondary N) is 1. The van der Waals surface area contributed by atoms with Gasteiger partial charge in [0.1, 0.15) is 0 Å². The Morgan fingerprint density at radius 1 is 1.11 bits per heavy atom.